The van der Waals surface area contributed by atoms with Crippen molar-refractivity contribution in [3.8, 4) is 5.75 Å². The van der Waals surface area contributed by atoms with E-state index < -0.39 is 16.4 Å². The average Bonchev–Trinajstić information content (AvgIpc) is 2.90. The van der Waals surface area contributed by atoms with Crippen molar-refractivity contribution in [1.82, 2.24) is 4.90 Å². The Bertz CT molecular complexity index is 786. The van der Waals surface area contributed by atoms with Gasteiger partial charge >= 0.3 is 5.69 Å². The van der Waals surface area contributed by atoms with Gasteiger partial charge in [0, 0.05) is 12.1 Å². The van der Waals surface area contributed by atoms with E-state index in [1.165, 1.54) is 35.6 Å². The summed E-state index contributed by atoms with van der Waals surface area (Å²) in [6.07, 6.45) is 6.95. The topological polar surface area (TPSA) is 101 Å². The lowest BCUT2D eigenvalue weighted by Gasteiger charge is -2.32. The quantitative estimate of drug-likeness (QED) is 0.477. The van der Waals surface area contributed by atoms with Gasteiger partial charge in [0.25, 0.3) is 11.1 Å². The standard InChI is InChI=1S/C18H20N2O5S/c1-11(13-5-3-2-4-6-13)19-17(22)16(26-18(19)23)10-12-7-8-15(21)14(9-12)20(24)25/h7-11,13,21H,2-6H2,1H3. The Labute approximate surface area is 155 Å². The molecule has 1 heterocycles. The molecule has 1 atom stereocenters. The summed E-state index contributed by atoms with van der Waals surface area (Å²) in [6, 6.07) is 3.72. The van der Waals surface area contributed by atoms with Crippen LogP contribution in [0.4, 0.5) is 10.5 Å². The number of thioether (sulfide) groups is 1. The summed E-state index contributed by atoms with van der Waals surface area (Å²) in [5, 5.41) is 20.2. The molecule has 1 saturated heterocycles. The number of phenols is 1. The number of phenolic OH excluding ortho intramolecular Hbond substituents is 1. The van der Waals surface area contributed by atoms with Crippen molar-refractivity contribution in [2.45, 2.75) is 45.1 Å². The first-order valence-corrected chi connectivity index (χ1v) is 9.44. The Morgan fingerprint density at radius 1 is 1.31 bits per heavy atom. The highest BCUT2D eigenvalue weighted by molar-refractivity contribution is 8.18. The van der Waals surface area contributed by atoms with E-state index in [0.29, 0.717) is 11.5 Å². The number of nitro benzene ring substituents is 1. The number of imide groups is 1. The number of aromatic hydroxyl groups is 1. The van der Waals surface area contributed by atoms with Crippen molar-refractivity contribution < 1.29 is 19.6 Å². The molecule has 26 heavy (non-hydrogen) atoms. The highest BCUT2D eigenvalue weighted by Gasteiger charge is 2.40. The van der Waals surface area contributed by atoms with Crippen LogP contribution in [-0.4, -0.2) is 32.1 Å². The molecule has 2 amide bonds. The fraction of sp³-hybridized carbons (Fsp3) is 0.444. The van der Waals surface area contributed by atoms with Gasteiger partial charge in [-0.15, -0.1) is 0 Å². The van der Waals surface area contributed by atoms with Crippen LogP contribution in [0.1, 0.15) is 44.6 Å². The lowest BCUT2D eigenvalue weighted by atomic mass is 9.84. The second-order valence-corrected chi connectivity index (χ2v) is 7.69. The summed E-state index contributed by atoms with van der Waals surface area (Å²) in [6.45, 7) is 1.92. The van der Waals surface area contributed by atoms with Crippen molar-refractivity contribution in [2.24, 2.45) is 5.92 Å². The number of amides is 2. The van der Waals surface area contributed by atoms with Crippen molar-refractivity contribution in [1.29, 1.82) is 0 Å². The maximum absolute atomic E-state index is 12.7. The molecule has 8 heteroatoms. The van der Waals surface area contributed by atoms with Crippen molar-refractivity contribution in [3.63, 3.8) is 0 Å². The van der Waals surface area contributed by atoms with E-state index in [1.54, 1.807) is 0 Å². The number of nitro groups is 1. The first-order valence-electron chi connectivity index (χ1n) is 8.63. The lowest BCUT2D eigenvalue weighted by molar-refractivity contribution is -0.385. The number of hydrogen-bond donors (Lipinski definition) is 1. The van der Waals surface area contributed by atoms with Crippen LogP contribution in [0.25, 0.3) is 6.08 Å². The van der Waals surface area contributed by atoms with E-state index in [4.69, 9.17) is 0 Å². The SMILES string of the molecule is CC(C1CCCCC1)N1C(=O)SC(=Cc2ccc(O)c([N+](=O)[O-])c2)C1=O. The molecule has 3 rings (SSSR count). The van der Waals surface area contributed by atoms with Crippen LogP contribution in [0.5, 0.6) is 5.75 Å². The minimum Gasteiger partial charge on any atom is -0.502 e. The minimum atomic E-state index is -0.691. The number of hydrogen-bond acceptors (Lipinski definition) is 6. The molecule has 2 fully saturated rings. The van der Waals surface area contributed by atoms with Gasteiger partial charge in [-0.2, -0.15) is 0 Å². The molecule has 0 radical (unpaired) electrons. The normalized spacial score (nSPS) is 21.4. The van der Waals surface area contributed by atoms with Gasteiger partial charge in [-0.1, -0.05) is 25.3 Å². The summed E-state index contributed by atoms with van der Waals surface area (Å²) in [5.41, 5.74) is -0.0427. The Morgan fingerprint density at radius 2 is 2.00 bits per heavy atom. The molecule has 1 unspecified atom stereocenters. The molecule has 138 valence electrons. The van der Waals surface area contributed by atoms with Crippen LogP contribution in [0.15, 0.2) is 23.1 Å². The van der Waals surface area contributed by atoms with Gasteiger partial charge < -0.3 is 5.11 Å². The molecule has 1 aromatic carbocycles. The molecule has 1 aromatic rings. The van der Waals surface area contributed by atoms with E-state index in [-0.39, 0.29) is 22.1 Å². The third kappa shape index (κ3) is 3.60. The van der Waals surface area contributed by atoms with E-state index in [9.17, 15) is 24.8 Å². The molecule has 1 aliphatic carbocycles. The highest BCUT2D eigenvalue weighted by atomic mass is 32.2. The summed E-state index contributed by atoms with van der Waals surface area (Å²) in [4.78, 5) is 36.9. The van der Waals surface area contributed by atoms with Crippen molar-refractivity contribution in [2.75, 3.05) is 0 Å². The third-order valence-electron chi connectivity index (χ3n) is 5.06. The Kier molecular flexibility index (Phi) is 5.31. The van der Waals surface area contributed by atoms with E-state index in [0.717, 1.165) is 37.4 Å². The highest BCUT2D eigenvalue weighted by Crippen LogP contribution is 2.38. The number of carbonyl (C=O) groups is 2. The molecular formula is C18H20N2O5S. The van der Waals surface area contributed by atoms with Crippen LogP contribution >= 0.6 is 11.8 Å². The first-order chi connectivity index (χ1) is 12.4. The van der Waals surface area contributed by atoms with Crippen LogP contribution in [0.3, 0.4) is 0 Å². The van der Waals surface area contributed by atoms with Gasteiger partial charge in [0.05, 0.1) is 9.83 Å². The Morgan fingerprint density at radius 3 is 2.65 bits per heavy atom. The molecule has 1 N–H and O–H groups in total. The number of nitrogens with zero attached hydrogens (tertiary/aromatic N) is 2. The van der Waals surface area contributed by atoms with Crippen LogP contribution in [0.2, 0.25) is 0 Å². The maximum atomic E-state index is 12.7. The maximum Gasteiger partial charge on any atom is 0.311 e. The van der Waals surface area contributed by atoms with Gasteiger partial charge in [-0.05, 0) is 55.2 Å². The number of rotatable bonds is 4. The Balaban J connectivity index is 1.83. The predicted molar refractivity (Wildman–Crippen MR) is 98.6 cm³/mol. The van der Waals surface area contributed by atoms with Gasteiger partial charge in [-0.3, -0.25) is 24.6 Å². The zero-order valence-corrected chi connectivity index (χ0v) is 15.2. The third-order valence-corrected chi connectivity index (χ3v) is 5.94. The fourth-order valence-electron chi connectivity index (χ4n) is 3.59. The molecular weight excluding hydrogens is 356 g/mol. The summed E-state index contributed by atoms with van der Waals surface area (Å²) < 4.78 is 0. The summed E-state index contributed by atoms with van der Waals surface area (Å²) in [5.74, 6) is -0.466. The fourth-order valence-corrected chi connectivity index (χ4v) is 4.50. The molecule has 0 aromatic heterocycles. The van der Waals surface area contributed by atoms with Crippen LogP contribution < -0.4 is 0 Å². The number of carbonyl (C=O) groups excluding carboxylic acids is 2. The van der Waals surface area contributed by atoms with E-state index >= 15 is 0 Å². The molecule has 1 aliphatic heterocycles. The van der Waals surface area contributed by atoms with E-state index in [1.807, 2.05) is 6.92 Å². The second-order valence-electron chi connectivity index (χ2n) is 6.70. The number of benzene rings is 1. The molecule has 1 saturated carbocycles. The second kappa shape index (κ2) is 7.49. The molecule has 2 aliphatic rings. The van der Waals surface area contributed by atoms with E-state index in [2.05, 4.69) is 0 Å². The van der Waals surface area contributed by atoms with Gasteiger partial charge in [0.2, 0.25) is 0 Å². The smallest absolute Gasteiger partial charge is 0.311 e. The molecule has 7 nitrogen and oxygen atoms in total. The minimum absolute atomic E-state index is 0.150. The van der Waals surface area contributed by atoms with Crippen LogP contribution in [0, 0.1) is 16.0 Å². The van der Waals surface area contributed by atoms with Crippen LogP contribution in [-0.2, 0) is 4.79 Å². The zero-order valence-electron chi connectivity index (χ0n) is 14.4. The van der Waals surface area contributed by atoms with Gasteiger partial charge in [0.1, 0.15) is 0 Å². The zero-order chi connectivity index (χ0) is 18.8. The average molecular weight is 376 g/mol. The van der Waals surface area contributed by atoms with Crippen molar-refractivity contribution in [3.05, 3.63) is 38.8 Å². The monoisotopic (exact) mass is 376 g/mol. The Hall–Kier alpha value is -2.35. The lowest BCUT2D eigenvalue weighted by Crippen LogP contribution is -2.42. The summed E-state index contributed by atoms with van der Waals surface area (Å²) in [7, 11) is 0. The van der Waals surface area contributed by atoms with Crippen molar-refractivity contribution >= 4 is 34.7 Å². The van der Waals surface area contributed by atoms with Gasteiger partial charge in [-0.25, -0.2) is 0 Å². The van der Waals surface area contributed by atoms with Gasteiger partial charge in [0.15, 0.2) is 5.75 Å². The predicted octanol–water partition coefficient (Wildman–Crippen LogP) is 4.31. The summed E-state index contributed by atoms with van der Waals surface area (Å²) >= 11 is 0.854. The largest absolute Gasteiger partial charge is 0.502 e. The first kappa shape index (κ1) is 18.4. The molecule has 0 bridgehead atoms. The molecule has 0 spiro atoms.